The number of hydrogen-bond donors (Lipinski definition) is 0. The molecule has 1 unspecified atom stereocenters. The molecule has 0 aromatic heterocycles. The average Bonchev–Trinajstić information content (AvgIpc) is 3.00. The van der Waals surface area contributed by atoms with Gasteiger partial charge < -0.3 is 4.74 Å². The summed E-state index contributed by atoms with van der Waals surface area (Å²) in [5.74, 6) is 1.20. The number of thioether (sulfide) groups is 1. The maximum Gasteiger partial charge on any atom is 0.114 e. The first kappa shape index (κ1) is 16.9. The second-order valence-corrected chi connectivity index (χ2v) is 8.95. The molecule has 1 atom stereocenters. The third-order valence-electron chi connectivity index (χ3n) is 5.70. The van der Waals surface area contributed by atoms with Gasteiger partial charge in [0.05, 0.1) is 6.10 Å². The Morgan fingerprint density at radius 3 is 2.42 bits per heavy atom. The summed E-state index contributed by atoms with van der Waals surface area (Å²) in [6, 6.07) is 10.9. The van der Waals surface area contributed by atoms with Crippen LogP contribution < -0.4 is 0 Å². The molecule has 0 N–H and O–H groups in total. The van der Waals surface area contributed by atoms with Crippen LogP contribution in [0.2, 0.25) is 0 Å². The van der Waals surface area contributed by atoms with Crippen molar-refractivity contribution in [3.05, 3.63) is 35.9 Å². The molecule has 2 aliphatic heterocycles. The zero-order valence-corrected chi connectivity index (χ0v) is 15.5. The maximum atomic E-state index is 6.52. The van der Waals surface area contributed by atoms with E-state index in [1.54, 1.807) is 0 Å². The van der Waals surface area contributed by atoms with Crippen LogP contribution in [0.1, 0.15) is 37.7 Å². The maximum absolute atomic E-state index is 6.52. The number of benzene rings is 1. The van der Waals surface area contributed by atoms with E-state index in [2.05, 4.69) is 51.9 Å². The van der Waals surface area contributed by atoms with Crippen molar-refractivity contribution in [2.75, 3.05) is 38.5 Å². The first-order valence-electron chi connectivity index (χ1n) is 9.62. The lowest BCUT2D eigenvalue weighted by molar-refractivity contribution is -0.0445. The molecule has 1 aliphatic carbocycles. The summed E-state index contributed by atoms with van der Waals surface area (Å²) in [6.07, 6.45) is 7.13. The van der Waals surface area contributed by atoms with Crippen LogP contribution in [-0.4, -0.2) is 59.3 Å². The molecule has 4 heteroatoms. The lowest BCUT2D eigenvalue weighted by Crippen LogP contribution is -2.48. The molecule has 1 saturated carbocycles. The molecule has 1 spiro atoms. The van der Waals surface area contributed by atoms with E-state index < -0.39 is 0 Å². The van der Waals surface area contributed by atoms with Crippen molar-refractivity contribution >= 4 is 11.8 Å². The van der Waals surface area contributed by atoms with Crippen LogP contribution in [-0.2, 0) is 11.3 Å². The predicted octanol–water partition coefficient (Wildman–Crippen LogP) is 3.60. The molecular formula is C20H30N2OS. The molecule has 0 bridgehead atoms. The number of piperazine rings is 1. The highest BCUT2D eigenvalue weighted by Crippen LogP contribution is 2.46. The van der Waals surface area contributed by atoms with Gasteiger partial charge in [-0.3, -0.25) is 9.80 Å². The van der Waals surface area contributed by atoms with E-state index >= 15 is 0 Å². The smallest absolute Gasteiger partial charge is 0.114 e. The molecule has 132 valence electrons. The summed E-state index contributed by atoms with van der Waals surface area (Å²) in [6.45, 7) is 6.95. The van der Waals surface area contributed by atoms with E-state index in [9.17, 15) is 0 Å². The minimum atomic E-state index is 0.193. The average molecular weight is 347 g/mol. The highest BCUT2D eigenvalue weighted by atomic mass is 32.2. The largest absolute Gasteiger partial charge is 0.359 e. The van der Waals surface area contributed by atoms with Crippen LogP contribution >= 0.6 is 11.8 Å². The summed E-state index contributed by atoms with van der Waals surface area (Å²) in [5.41, 5.74) is 1.43. The van der Waals surface area contributed by atoms with Crippen LogP contribution in [0.4, 0.5) is 0 Å². The van der Waals surface area contributed by atoms with Gasteiger partial charge in [0.15, 0.2) is 0 Å². The summed E-state index contributed by atoms with van der Waals surface area (Å²) in [5, 5.41) is 0. The Morgan fingerprint density at radius 1 is 0.958 bits per heavy atom. The number of nitrogens with zero attached hydrogens (tertiary/aromatic N) is 2. The minimum absolute atomic E-state index is 0.193. The van der Waals surface area contributed by atoms with Gasteiger partial charge in [-0.15, -0.1) is 11.8 Å². The van der Waals surface area contributed by atoms with E-state index in [-0.39, 0.29) is 4.93 Å². The Labute approximate surface area is 150 Å². The van der Waals surface area contributed by atoms with Gasteiger partial charge in [-0.25, -0.2) is 0 Å². The van der Waals surface area contributed by atoms with Crippen molar-refractivity contribution in [1.29, 1.82) is 0 Å². The van der Waals surface area contributed by atoms with Gasteiger partial charge in [0, 0.05) is 45.0 Å². The van der Waals surface area contributed by atoms with E-state index in [4.69, 9.17) is 4.74 Å². The number of hydrogen-bond acceptors (Lipinski definition) is 4. The molecule has 0 radical (unpaired) electrons. The van der Waals surface area contributed by atoms with Crippen molar-refractivity contribution in [3.8, 4) is 0 Å². The zero-order chi connectivity index (χ0) is 16.2. The lowest BCUT2D eigenvalue weighted by Gasteiger charge is -2.37. The van der Waals surface area contributed by atoms with Crippen molar-refractivity contribution in [1.82, 2.24) is 9.80 Å². The summed E-state index contributed by atoms with van der Waals surface area (Å²) < 4.78 is 6.52. The van der Waals surface area contributed by atoms with E-state index in [1.807, 2.05) is 0 Å². The van der Waals surface area contributed by atoms with Gasteiger partial charge in [0.25, 0.3) is 0 Å². The van der Waals surface area contributed by atoms with Gasteiger partial charge in [-0.2, -0.15) is 0 Å². The van der Waals surface area contributed by atoms with Crippen LogP contribution in [0.25, 0.3) is 0 Å². The van der Waals surface area contributed by atoms with Gasteiger partial charge in [0.2, 0.25) is 0 Å². The Morgan fingerprint density at radius 2 is 1.67 bits per heavy atom. The lowest BCUT2D eigenvalue weighted by atomic mass is 9.97. The molecule has 3 fully saturated rings. The van der Waals surface area contributed by atoms with Crippen LogP contribution in [0, 0.1) is 0 Å². The number of rotatable bonds is 4. The fourth-order valence-electron chi connectivity index (χ4n) is 4.32. The molecule has 2 saturated heterocycles. The fourth-order valence-corrected chi connectivity index (χ4v) is 5.76. The van der Waals surface area contributed by atoms with Crippen molar-refractivity contribution in [2.24, 2.45) is 0 Å². The van der Waals surface area contributed by atoms with Gasteiger partial charge in [0.1, 0.15) is 4.93 Å². The topological polar surface area (TPSA) is 15.7 Å². The predicted molar refractivity (Wildman–Crippen MR) is 101 cm³/mol. The van der Waals surface area contributed by atoms with Crippen molar-refractivity contribution in [2.45, 2.75) is 49.7 Å². The Kier molecular flexibility index (Phi) is 5.47. The van der Waals surface area contributed by atoms with Crippen molar-refractivity contribution in [3.63, 3.8) is 0 Å². The molecule has 2 heterocycles. The second-order valence-electron chi connectivity index (χ2n) is 7.58. The first-order valence-corrected chi connectivity index (χ1v) is 10.6. The number of ether oxygens (including phenoxy) is 1. The quantitative estimate of drug-likeness (QED) is 0.827. The minimum Gasteiger partial charge on any atom is -0.359 e. The van der Waals surface area contributed by atoms with Crippen molar-refractivity contribution < 1.29 is 4.74 Å². The third kappa shape index (κ3) is 4.16. The normalized spacial score (nSPS) is 28.4. The fraction of sp³-hybridized carbons (Fsp3) is 0.700. The highest BCUT2D eigenvalue weighted by molar-refractivity contribution is 8.00. The standard InChI is InChI=1S/C20H30N2OS/c1-3-7-18(8-4-1)15-21-11-13-22(14-12-21)16-19-17-24-20(23-19)9-5-2-6-10-20/h1,3-4,7-8,19H,2,5-6,9-17H2. The molecule has 4 rings (SSSR count). The second kappa shape index (κ2) is 7.77. The summed E-state index contributed by atoms with van der Waals surface area (Å²) in [7, 11) is 0. The molecular weight excluding hydrogens is 316 g/mol. The van der Waals surface area contributed by atoms with E-state index in [0.29, 0.717) is 6.10 Å². The third-order valence-corrected chi connectivity index (χ3v) is 7.27. The molecule has 0 amide bonds. The Bertz CT molecular complexity index is 510. The van der Waals surface area contributed by atoms with E-state index in [0.717, 1.165) is 13.1 Å². The van der Waals surface area contributed by atoms with Crippen LogP contribution in [0.3, 0.4) is 0 Å². The molecule has 3 nitrogen and oxygen atoms in total. The van der Waals surface area contributed by atoms with Gasteiger partial charge in [-0.05, 0) is 31.2 Å². The van der Waals surface area contributed by atoms with Gasteiger partial charge >= 0.3 is 0 Å². The summed E-state index contributed by atoms with van der Waals surface area (Å²) >= 11 is 2.11. The zero-order valence-electron chi connectivity index (χ0n) is 14.7. The SMILES string of the molecule is c1ccc(CN2CCN(CC3CSC4(CCCCC4)O3)CC2)cc1. The van der Waals surface area contributed by atoms with Crippen LogP contribution in [0.5, 0.6) is 0 Å². The van der Waals surface area contributed by atoms with Gasteiger partial charge in [-0.1, -0.05) is 36.8 Å². The van der Waals surface area contributed by atoms with E-state index in [1.165, 1.54) is 69.6 Å². The molecule has 3 aliphatic rings. The highest BCUT2D eigenvalue weighted by Gasteiger charge is 2.42. The molecule has 1 aromatic rings. The monoisotopic (exact) mass is 346 g/mol. The Balaban J connectivity index is 1.21. The van der Waals surface area contributed by atoms with Crippen LogP contribution in [0.15, 0.2) is 30.3 Å². The molecule has 24 heavy (non-hydrogen) atoms. The first-order chi connectivity index (χ1) is 11.8. The Hall–Kier alpha value is -0.550. The molecule has 1 aromatic carbocycles. The summed E-state index contributed by atoms with van der Waals surface area (Å²) in [4.78, 5) is 5.39.